The van der Waals surface area contributed by atoms with Gasteiger partial charge in [0.15, 0.2) is 0 Å². The van der Waals surface area contributed by atoms with Crippen molar-refractivity contribution in [3.63, 3.8) is 0 Å². The van der Waals surface area contributed by atoms with E-state index in [9.17, 15) is 4.39 Å². The lowest BCUT2D eigenvalue weighted by Crippen LogP contribution is -2.38. The molecule has 1 heterocycles. The summed E-state index contributed by atoms with van der Waals surface area (Å²) in [5, 5.41) is 6.92. The van der Waals surface area contributed by atoms with Crippen molar-refractivity contribution in [2.24, 2.45) is 0 Å². The second kappa shape index (κ2) is 5.41. The summed E-state index contributed by atoms with van der Waals surface area (Å²) in [4.78, 5) is 0. The largest absolute Gasteiger partial charge is 0.315 e. The molecule has 2 N–H and O–H groups in total. The summed E-state index contributed by atoms with van der Waals surface area (Å²) in [5.41, 5.74) is 1.19. The number of hydrogen-bond donors (Lipinski definition) is 2. The Hall–Kier alpha value is -0.930. The summed E-state index contributed by atoms with van der Waals surface area (Å²) in [6.07, 6.45) is 2.16. The molecule has 88 valence electrons. The molecule has 2 nitrogen and oxygen atoms in total. The van der Waals surface area contributed by atoms with Gasteiger partial charge >= 0.3 is 0 Å². The maximum atomic E-state index is 12.7. The summed E-state index contributed by atoms with van der Waals surface area (Å²) in [6.45, 7) is 4.36. The van der Waals surface area contributed by atoms with Crippen LogP contribution in [0.25, 0.3) is 0 Å². The average Bonchev–Trinajstić information content (AvgIpc) is 2.74. The molecule has 2 atom stereocenters. The van der Waals surface area contributed by atoms with E-state index in [2.05, 4.69) is 17.6 Å². The second-order valence-corrected chi connectivity index (χ2v) is 4.59. The van der Waals surface area contributed by atoms with Gasteiger partial charge < -0.3 is 10.6 Å². The highest BCUT2D eigenvalue weighted by molar-refractivity contribution is 5.17. The van der Waals surface area contributed by atoms with E-state index in [1.165, 1.54) is 24.1 Å². The first kappa shape index (κ1) is 11.6. The van der Waals surface area contributed by atoms with Gasteiger partial charge in [0.25, 0.3) is 0 Å². The highest BCUT2D eigenvalue weighted by Crippen LogP contribution is 2.07. The monoisotopic (exact) mass is 222 g/mol. The Morgan fingerprint density at radius 3 is 2.81 bits per heavy atom. The third-order valence-corrected chi connectivity index (χ3v) is 3.04. The molecular formula is C13H19FN2. The van der Waals surface area contributed by atoms with Gasteiger partial charge in [0, 0.05) is 18.6 Å². The van der Waals surface area contributed by atoms with Crippen LogP contribution in [0.2, 0.25) is 0 Å². The normalized spacial score (nSPS) is 22.2. The van der Waals surface area contributed by atoms with E-state index >= 15 is 0 Å². The van der Waals surface area contributed by atoms with Crippen molar-refractivity contribution in [1.82, 2.24) is 10.6 Å². The van der Waals surface area contributed by atoms with Crippen LogP contribution in [0.1, 0.15) is 18.9 Å². The molecule has 0 aromatic heterocycles. The molecule has 2 unspecified atom stereocenters. The summed E-state index contributed by atoms with van der Waals surface area (Å²) < 4.78 is 12.7. The smallest absolute Gasteiger partial charge is 0.123 e. The molecule has 1 aliphatic heterocycles. The zero-order valence-electron chi connectivity index (χ0n) is 9.67. The van der Waals surface area contributed by atoms with E-state index in [4.69, 9.17) is 0 Å². The first-order chi connectivity index (χ1) is 7.74. The lowest BCUT2D eigenvalue weighted by atomic mass is 10.1. The molecule has 0 aliphatic carbocycles. The van der Waals surface area contributed by atoms with Gasteiger partial charge in [-0.1, -0.05) is 12.1 Å². The number of halogens is 1. The Kier molecular flexibility index (Phi) is 3.91. The molecule has 0 radical (unpaired) electrons. The molecule has 1 saturated heterocycles. The van der Waals surface area contributed by atoms with Crippen LogP contribution >= 0.6 is 0 Å². The Morgan fingerprint density at radius 2 is 2.19 bits per heavy atom. The first-order valence-electron chi connectivity index (χ1n) is 5.95. The Balaban J connectivity index is 1.81. The summed E-state index contributed by atoms with van der Waals surface area (Å²) in [7, 11) is 0. The molecule has 0 spiro atoms. The molecule has 0 saturated carbocycles. The van der Waals surface area contributed by atoms with Gasteiger partial charge in [-0.2, -0.15) is 0 Å². The van der Waals surface area contributed by atoms with Crippen LogP contribution in [0.15, 0.2) is 24.3 Å². The van der Waals surface area contributed by atoms with E-state index < -0.39 is 0 Å². The van der Waals surface area contributed by atoms with Crippen LogP contribution in [0.5, 0.6) is 0 Å². The maximum absolute atomic E-state index is 12.7. The SMILES string of the molecule is CC(Cc1ccc(F)cc1)NC1CCNC1. The van der Waals surface area contributed by atoms with E-state index in [0.29, 0.717) is 12.1 Å². The summed E-state index contributed by atoms with van der Waals surface area (Å²) in [6, 6.07) is 7.81. The number of benzene rings is 1. The van der Waals surface area contributed by atoms with Crippen LogP contribution in [0, 0.1) is 5.82 Å². The number of hydrogen-bond acceptors (Lipinski definition) is 2. The molecule has 2 rings (SSSR count). The third-order valence-electron chi connectivity index (χ3n) is 3.04. The van der Waals surface area contributed by atoms with Crippen molar-refractivity contribution in [2.75, 3.05) is 13.1 Å². The molecule has 3 heteroatoms. The standard InChI is InChI=1S/C13H19FN2/c1-10(16-13-6-7-15-9-13)8-11-2-4-12(14)5-3-11/h2-5,10,13,15-16H,6-9H2,1H3. The van der Waals surface area contributed by atoms with E-state index in [1.54, 1.807) is 0 Å². The molecule has 1 aliphatic rings. The minimum atomic E-state index is -0.163. The molecule has 1 aromatic carbocycles. The van der Waals surface area contributed by atoms with Gasteiger partial charge in [0.2, 0.25) is 0 Å². The molecule has 16 heavy (non-hydrogen) atoms. The van der Waals surface area contributed by atoms with Crippen LogP contribution in [-0.4, -0.2) is 25.2 Å². The van der Waals surface area contributed by atoms with Crippen molar-refractivity contribution < 1.29 is 4.39 Å². The molecule has 0 bridgehead atoms. The fourth-order valence-corrected chi connectivity index (χ4v) is 2.23. The quantitative estimate of drug-likeness (QED) is 0.810. The minimum absolute atomic E-state index is 0.163. The predicted octanol–water partition coefficient (Wildman–Crippen LogP) is 1.71. The fraction of sp³-hybridized carbons (Fsp3) is 0.538. The predicted molar refractivity (Wildman–Crippen MR) is 64.0 cm³/mol. The first-order valence-corrected chi connectivity index (χ1v) is 5.95. The van der Waals surface area contributed by atoms with Gasteiger partial charge in [-0.3, -0.25) is 0 Å². The second-order valence-electron chi connectivity index (χ2n) is 4.59. The molecule has 1 aromatic rings. The van der Waals surface area contributed by atoms with Crippen molar-refractivity contribution in [1.29, 1.82) is 0 Å². The van der Waals surface area contributed by atoms with Crippen LogP contribution in [0.3, 0.4) is 0 Å². The van der Waals surface area contributed by atoms with Crippen LogP contribution < -0.4 is 10.6 Å². The Morgan fingerprint density at radius 1 is 1.44 bits per heavy atom. The van der Waals surface area contributed by atoms with E-state index in [0.717, 1.165) is 19.5 Å². The minimum Gasteiger partial charge on any atom is -0.315 e. The molecule has 0 amide bonds. The Labute approximate surface area is 96.2 Å². The lowest BCUT2D eigenvalue weighted by Gasteiger charge is -2.18. The van der Waals surface area contributed by atoms with Gasteiger partial charge in [0.05, 0.1) is 0 Å². The maximum Gasteiger partial charge on any atom is 0.123 e. The lowest BCUT2D eigenvalue weighted by molar-refractivity contribution is 0.463. The zero-order valence-corrected chi connectivity index (χ0v) is 9.67. The zero-order chi connectivity index (χ0) is 11.4. The van der Waals surface area contributed by atoms with E-state index in [-0.39, 0.29) is 5.82 Å². The molecular weight excluding hydrogens is 203 g/mol. The van der Waals surface area contributed by atoms with Crippen LogP contribution in [-0.2, 0) is 6.42 Å². The molecule has 1 fully saturated rings. The van der Waals surface area contributed by atoms with Crippen molar-refractivity contribution in [3.05, 3.63) is 35.6 Å². The third kappa shape index (κ3) is 3.29. The van der Waals surface area contributed by atoms with Gasteiger partial charge in [-0.15, -0.1) is 0 Å². The highest BCUT2D eigenvalue weighted by Gasteiger charge is 2.16. The van der Waals surface area contributed by atoms with Crippen molar-refractivity contribution in [3.8, 4) is 0 Å². The number of rotatable bonds is 4. The van der Waals surface area contributed by atoms with Gasteiger partial charge in [0.1, 0.15) is 5.82 Å². The average molecular weight is 222 g/mol. The Bertz CT molecular complexity index is 317. The summed E-state index contributed by atoms with van der Waals surface area (Å²) in [5.74, 6) is -0.163. The van der Waals surface area contributed by atoms with Gasteiger partial charge in [-0.25, -0.2) is 4.39 Å². The topological polar surface area (TPSA) is 24.1 Å². The fourth-order valence-electron chi connectivity index (χ4n) is 2.23. The van der Waals surface area contributed by atoms with Crippen LogP contribution in [0.4, 0.5) is 4.39 Å². The highest BCUT2D eigenvalue weighted by atomic mass is 19.1. The van der Waals surface area contributed by atoms with E-state index in [1.807, 2.05) is 12.1 Å². The van der Waals surface area contributed by atoms with Gasteiger partial charge in [-0.05, 0) is 44.0 Å². The summed E-state index contributed by atoms with van der Waals surface area (Å²) >= 11 is 0. The van der Waals surface area contributed by atoms with Crippen molar-refractivity contribution in [2.45, 2.75) is 31.8 Å². The van der Waals surface area contributed by atoms with Crippen molar-refractivity contribution >= 4 is 0 Å². The number of nitrogens with one attached hydrogen (secondary N) is 2.